The van der Waals surface area contributed by atoms with Crippen molar-refractivity contribution in [3.05, 3.63) is 82.3 Å². The van der Waals surface area contributed by atoms with Gasteiger partial charge in [0.25, 0.3) is 0 Å². The molecule has 1 aliphatic heterocycles. The highest BCUT2D eigenvalue weighted by Gasteiger charge is 2.33. The standard InChI is InChI=1S/C23H15NO6/c25-14-5-3-12(4-6-14)18-9-16(26)22-17(27)10-19-21(23(22)30-18)15(8-20(28)29-19)13-2-1-7-24-11-13/h1-7,9-11,15,25,27H,8H2. The number of hydrogen-bond donors (Lipinski definition) is 2. The minimum Gasteiger partial charge on any atom is -0.508 e. The average molecular weight is 401 g/mol. The second-order valence-corrected chi connectivity index (χ2v) is 7.05. The number of phenols is 2. The summed E-state index contributed by atoms with van der Waals surface area (Å²) in [5.41, 5.74) is 1.58. The summed E-state index contributed by atoms with van der Waals surface area (Å²) in [6.07, 6.45) is 3.32. The molecule has 0 radical (unpaired) electrons. The van der Waals surface area contributed by atoms with Crippen LogP contribution in [0.3, 0.4) is 0 Å². The molecule has 2 aromatic heterocycles. The molecule has 1 unspecified atom stereocenters. The topological polar surface area (TPSA) is 110 Å². The number of aromatic hydroxyl groups is 2. The minimum absolute atomic E-state index is 0.0168. The van der Waals surface area contributed by atoms with Crippen molar-refractivity contribution in [1.82, 2.24) is 4.98 Å². The summed E-state index contributed by atoms with van der Waals surface area (Å²) in [5, 5.41) is 20.0. The fraction of sp³-hybridized carbons (Fsp3) is 0.0870. The zero-order valence-corrected chi connectivity index (χ0v) is 15.5. The summed E-state index contributed by atoms with van der Waals surface area (Å²) >= 11 is 0. The molecular formula is C23H15NO6. The first kappa shape index (κ1) is 17.9. The van der Waals surface area contributed by atoms with Gasteiger partial charge < -0.3 is 19.4 Å². The van der Waals surface area contributed by atoms with Gasteiger partial charge in [0.2, 0.25) is 0 Å². The number of esters is 1. The quantitative estimate of drug-likeness (QED) is 0.389. The summed E-state index contributed by atoms with van der Waals surface area (Å²) in [6, 6.07) is 12.4. The zero-order chi connectivity index (χ0) is 20.8. The summed E-state index contributed by atoms with van der Waals surface area (Å²) in [4.78, 5) is 29.2. The predicted octanol–water partition coefficient (Wildman–Crippen LogP) is 3.71. The van der Waals surface area contributed by atoms with Crippen molar-refractivity contribution in [2.45, 2.75) is 12.3 Å². The van der Waals surface area contributed by atoms with Crippen molar-refractivity contribution in [2.24, 2.45) is 0 Å². The number of carbonyl (C=O) groups excluding carboxylic acids is 1. The third-order valence-corrected chi connectivity index (χ3v) is 5.16. The molecule has 30 heavy (non-hydrogen) atoms. The molecule has 7 heteroatoms. The predicted molar refractivity (Wildman–Crippen MR) is 108 cm³/mol. The van der Waals surface area contributed by atoms with Crippen molar-refractivity contribution in [1.29, 1.82) is 0 Å². The van der Waals surface area contributed by atoms with Crippen LogP contribution in [0.25, 0.3) is 22.3 Å². The number of carbonyl (C=O) groups is 1. The van der Waals surface area contributed by atoms with Crippen LogP contribution in [-0.2, 0) is 4.79 Å². The van der Waals surface area contributed by atoms with Crippen LogP contribution in [0.5, 0.6) is 17.2 Å². The van der Waals surface area contributed by atoms with Crippen LogP contribution >= 0.6 is 0 Å². The molecule has 5 rings (SSSR count). The minimum atomic E-state index is -0.452. The van der Waals surface area contributed by atoms with E-state index in [-0.39, 0.29) is 40.4 Å². The molecular weight excluding hydrogens is 386 g/mol. The molecule has 0 fully saturated rings. The Morgan fingerprint density at radius 1 is 1.03 bits per heavy atom. The Balaban J connectivity index is 1.83. The molecule has 0 saturated carbocycles. The number of phenolic OH excluding ortho intramolecular Hbond substituents is 2. The van der Waals surface area contributed by atoms with E-state index >= 15 is 0 Å². The number of fused-ring (bicyclic) bond motifs is 3. The lowest BCUT2D eigenvalue weighted by Crippen LogP contribution is -2.22. The number of benzene rings is 2. The van der Waals surface area contributed by atoms with Crippen LogP contribution < -0.4 is 10.2 Å². The zero-order valence-electron chi connectivity index (χ0n) is 15.5. The van der Waals surface area contributed by atoms with Crippen molar-refractivity contribution in [3.8, 4) is 28.6 Å². The Morgan fingerprint density at radius 3 is 2.57 bits per heavy atom. The summed E-state index contributed by atoms with van der Waals surface area (Å²) in [6.45, 7) is 0. The lowest BCUT2D eigenvalue weighted by molar-refractivity contribution is -0.135. The van der Waals surface area contributed by atoms with Gasteiger partial charge >= 0.3 is 5.97 Å². The molecule has 4 aromatic rings. The van der Waals surface area contributed by atoms with E-state index in [9.17, 15) is 19.8 Å². The lowest BCUT2D eigenvalue weighted by Gasteiger charge is -2.25. The summed E-state index contributed by atoms with van der Waals surface area (Å²) < 4.78 is 11.4. The third kappa shape index (κ3) is 2.88. The first-order valence-corrected chi connectivity index (χ1v) is 9.25. The molecule has 0 saturated heterocycles. The number of pyridine rings is 1. The van der Waals surface area contributed by atoms with Gasteiger partial charge in [0.05, 0.1) is 6.42 Å². The van der Waals surface area contributed by atoms with E-state index in [1.807, 2.05) is 6.07 Å². The highest BCUT2D eigenvalue weighted by molar-refractivity contribution is 5.93. The van der Waals surface area contributed by atoms with Crippen LogP contribution in [0.2, 0.25) is 0 Å². The van der Waals surface area contributed by atoms with E-state index < -0.39 is 17.3 Å². The van der Waals surface area contributed by atoms with E-state index in [1.54, 1.807) is 30.6 Å². The molecule has 0 amide bonds. The second kappa shape index (κ2) is 6.73. The Morgan fingerprint density at radius 2 is 1.83 bits per heavy atom. The number of hydrogen-bond acceptors (Lipinski definition) is 7. The third-order valence-electron chi connectivity index (χ3n) is 5.16. The first-order chi connectivity index (χ1) is 14.5. The molecule has 7 nitrogen and oxygen atoms in total. The summed E-state index contributed by atoms with van der Waals surface area (Å²) in [7, 11) is 0. The van der Waals surface area contributed by atoms with Crippen LogP contribution in [0.15, 0.2) is 70.1 Å². The smallest absolute Gasteiger partial charge is 0.312 e. The Kier molecular flexibility index (Phi) is 4.03. The van der Waals surface area contributed by atoms with Gasteiger partial charge in [0.1, 0.15) is 34.0 Å². The Hall–Kier alpha value is -4.13. The van der Waals surface area contributed by atoms with Crippen LogP contribution in [0.1, 0.15) is 23.5 Å². The molecule has 0 spiro atoms. The van der Waals surface area contributed by atoms with Gasteiger partial charge in [-0.25, -0.2) is 0 Å². The average Bonchev–Trinajstić information content (AvgIpc) is 2.73. The molecule has 2 aromatic carbocycles. The Bertz CT molecular complexity index is 1340. The van der Waals surface area contributed by atoms with Crippen LogP contribution in [0, 0.1) is 0 Å². The van der Waals surface area contributed by atoms with Gasteiger partial charge in [-0.1, -0.05) is 6.07 Å². The maximum Gasteiger partial charge on any atom is 0.312 e. The van der Waals surface area contributed by atoms with Gasteiger partial charge in [-0.3, -0.25) is 14.6 Å². The molecule has 148 valence electrons. The van der Waals surface area contributed by atoms with Crippen molar-refractivity contribution in [3.63, 3.8) is 0 Å². The fourth-order valence-electron chi connectivity index (χ4n) is 3.79. The number of aromatic nitrogens is 1. The molecule has 0 aliphatic carbocycles. The molecule has 1 atom stereocenters. The van der Waals surface area contributed by atoms with Crippen LogP contribution in [-0.4, -0.2) is 21.2 Å². The van der Waals surface area contributed by atoms with Crippen molar-refractivity contribution >= 4 is 16.9 Å². The normalized spacial score (nSPS) is 15.6. The maximum atomic E-state index is 12.9. The second-order valence-electron chi connectivity index (χ2n) is 7.05. The van der Waals surface area contributed by atoms with E-state index in [4.69, 9.17) is 9.15 Å². The fourth-order valence-corrected chi connectivity index (χ4v) is 3.79. The number of ether oxygens (including phenoxy) is 1. The number of nitrogens with zero attached hydrogens (tertiary/aromatic N) is 1. The van der Waals surface area contributed by atoms with E-state index in [0.29, 0.717) is 11.1 Å². The maximum absolute atomic E-state index is 12.9. The summed E-state index contributed by atoms with van der Waals surface area (Å²) in [5.74, 6) is -0.725. The molecule has 2 N–H and O–H groups in total. The lowest BCUT2D eigenvalue weighted by atomic mass is 9.86. The highest BCUT2D eigenvalue weighted by atomic mass is 16.5. The van der Waals surface area contributed by atoms with E-state index in [0.717, 1.165) is 5.56 Å². The largest absolute Gasteiger partial charge is 0.508 e. The van der Waals surface area contributed by atoms with Gasteiger partial charge in [-0.2, -0.15) is 0 Å². The van der Waals surface area contributed by atoms with Gasteiger partial charge in [-0.05, 0) is 35.9 Å². The highest BCUT2D eigenvalue weighted by Crippen LogP contribution is 2.45. The van der Waals surface area contributed by atoms with Crippen molar-refractivity contribution in [2.75, 3.05) is 0 Å². The van der Waals surface area contributed by atoms with Gasteiger partial charge in [0, 0.05) is 41.6 Å². The van der Waals surface area contributed by atoms with E-state index in [2.05, 4.69) is 4.98 Å². The van der Waals surface area contributed by atoms with Gasteiger partial charge in [-0.15, -0.1) is 0 Å². The molecule has 0 bridgehead atoms. The number of rotatable bonds is 2. The SMILES string of the molecule is O=C1CC(c2cccnc2)c2c(cc(O)c3c(=O)cc(-c4ccc(O)cc4)oc23)O1. The Labute approximate surface area is 169 Å². The monoisotopic (exact) mass is 401 g/mol. The van der Waals surface area contributed by atoms with Crippen LogP contribution in [0.4, 0.5) is 0 Å². The van der Waals surface area contributed by atoms with E-state index in [1.165, 1.54) is 24.3 Å². The first-order valence-electron chi connectivity index (χ1n) is 9.25. The molecule has 3 heterocycles. The van der Waals surface area contributed by atoms with Gasteiger partial charge in [0.15, 0.2) is 5.43 Å². The van der Waals surface area contributed by atoms with Crippen molar-refractivity contribution < 1.29 is 24.2 Å². The molecule has 1 aliphatic rings.